The Kier molecular flexibility index (Phi) is 5.73. The van der Waals surface area contributed by atoms with Crippen LogP contribution in [0.1, 0.15) is 10.4 Å². The summed E-state index contributed by atoms with van der Waals surface area (Å²) >= 11 is 0. The maximum Gasteiger partial charge on any atom is 0.338 e. The van der Waals surface area contributed by atoms with E-state index in [0.717, 1.165) is 0 Å². The van der Waals surface area contributed by atoms with Gasteiger partial charge in [-0.1, -0.05) is 0 Å². The second-order valence-corrected chi connectivity index (χ2v) is 3.71. The predicted molar refractivity (Wildman–Crippen MR) is 71.4 cm³/mol. The first-order valence-electron chi connectivity index (χ1n) is 5.75. The number of ether oxygens (including phenoxy) is 3. The van der Waals surface area contributed by atoms with Crippen molar-refractivity contribution in [1.82, 2.24) is 0 Å². The fraction of sp³-hybridized carbons (Fsp3) is 0.417. The van der Waals surface area contributed by atoms with E-state index in [-0.39, 0.29) is 35.9 Å². The number of nitrogens with zero attached hydrogens (tertiary/aromatic N) is 1. The highest BCUT2D eigenvalue weighted by molar-refractivity contribution is 5.93. The number of hydrogen-bond donors (Lipinski definition) is 1. The van der Waals surface area contributed by atoms with E-state index in [1.807, 2.05) is 0 Å². The first kappa shape index (κ1) is 15.7. The van der Waals surface area contributed by atoms with Crippen LogP contribution in [0.3, 0.4) is 0 Å². The molecular formula is C12H16N2O6. The summed E-state index contributed by atoms with van der Waals surface area (Å²) in [5.74, 6) is -0.618. The summed E-state index contributed by atoms with van der Waals surface area (Å²) in [6.45, 7) is 0.402. The second kappa shape index (κ2) is 7.29. The maximum absolute atomic E-state index is 11.5. The lowest BCUT2D eigenvalue weighted by Crippen LogP contribution is -2.10. The molecule has 0 saturated heterocycles. The van der Waals surface area contributed by atoms with Gasteiger partial charge < -0.3 is 19.5 Å². The monoisotopic (exact) mass is 284 g/mol. The number of carbonyl (C=O) groups is 1. The molecule has 1 aromatic carbocycles. The highest BCUT2D eigenvalue weighted by atomic mass is 16.6. The van der Waals surface area contributed by atoms with E-state index in [1.165, 1.54) is 33.4 Å². The minimum Gasteiger partial charge on any atom is -0.484 e. The molecule has 0 saturated carbocycles. The number of nitro benzene ring substituents is 1. The summed E-state index contributed by atoms with van der Waals surface area (Å²) in [6, 6.07) is 2.62. The number of anilines is 1. The smallest absolute Gasteiger partial charge is 0.338 e. The number of hydrogen-bond acceptors (Lipinski definition) is 7. The molecule has 0 amide bonds. The molecule has 0 aromatic heterocycles. The van der Waals surface area contributed by atoms with Crippen molar-refractivity contribution >= 4 is 17.3 Å². The SMILES string of the molecule is CNc1cc(C(=O)OC)cc(OCCOC)c1[N+](=O)[O-]. The van der Waals surface area contributed by atoms with Crippen LogP contribution in [-0.4, -0.2) is 45.4 Å². The topological polar surface area (TPSA) is 99.9 Å². The van der Waals surface area contributed by atoms with Crippen LogP contribution >= 0.6 is 0 Å². The van der Waals surface area contributed by atoms with Gasteiger partial charge in [0.15, 0.2) is 5.75 Å². The van der Waals surface area contributed by atoms with Crippen LogP contribution in [0.25, 0.3) is 0 Å². The van der Waals surface area contributed by atoms with Crippen molar-refractivity contribution in [3.05, 3.63) is 27.8 Å². The van der Waals surface area contributed by atoms with Crippen LogP contribution in [0, 0.1) is 10.1 Å². The van der Waals surface area contributed by atoms with Gasteiger partial charge in [0.25, 0.3) is 0 Å². The molecule has 0 radical (unpaired) electrons. The van der Waals surface area contributed by atoms with Gasteiger partial charge in [0, 0.05) is 20.2 Å². The van der Waals surface area contributed by atoms with Crippen LogP contribution in [0.5, 0.6) is 5.75 Å². The molecule has 0 unspecified atom stereocenters. The molecule has 110 valence electrons. The van der Waals surface area contributed by atoms with Gasteiger partial charge in [0.1, 0.15) is 12.3 Å². The van der Waals surface area contributed by atoms with E-state index in [2.05, 4.69) is 10.1 Å². The summed E-state index contributed by atoms with van der Waals surface area (Å²) in [5, 5.41) is 13.8. The summed E-state index contributed by atoms with van der Waals surface area (Å²) in [5.41, 5.74) is 0.0939. The number of methoxy groups -OCH3 is 2. The van der Waals surface area contributed by atoms with E-state index >= 15 is 0 Å². The maximum atomic E-state index is 11.5. The first-order valence-corrected chi connectivity index (χ1v) is 5.75. The van der Waals surface area contributed by atoms with Crippen LogP contribution in [0.2, 0.25) is 0 Å². The van der Waals surface area contributed by atoms with Gasteiger partial charge in [0.05, 0.1) is 24.2 Å². The number of carbonyl (C=O) groups excluding carboxylic acids is 1. The summed E-state index contributed by atoms with van der Waals surface area (Å²) in [7, 11) is 4.23. The van der Waals surface area contributed by atoms with E-state index in [0.29, 0.717) is 0 Å². The number of rotatable bonds is 7. The Labute approximate surface area is 115 Å². The highest BCUT2D eigenvalue weighted by Gasteiger charge is 2.24. The van der Waals surface area contributed by atoms with Crippen LogP contribution in [-0.2, 0) is 9.47 Å². The molecule has 0 atom stereocenters. The van der Waals surface area contributed by atoms with E-state index < -0.39 is 10.9 Å². The zero-order valence-corrected chi connectivity index (χ0v) is 11.5. The summed E-state index contributed by atoms with van der Waals surface area (Å²) < 4.78 is 14.7. The molecular weight excluding hydrogens is 268 g/mol. The Hall–Kier alpha value is -2.35. The van der Waals surface area contributed by atoms with Crippen molar-refractivity contribution in [2.75, 3.05) is 39.8 Å². The Morgan fingerprint density at radius 3 is 2.55 bits per heavy atom. The molecule has 0 aliphatic rings. The van der Waals surface area contributed by atoms with E-state index in [4.69, 9.17) is 9.47 Å². The molecule has 8 nitrogen and oxygen atoms in total. The fourth-order valence-electron chi connectivity index (χ4n) is 1.57. The fourth-order valence-corrected chi connectivity index (χ4v) is 1.57. The molecule has 0 bridgehead atoms. The van der Waals surface area contributed by atoms with Crippen LogP contribution in [0.4, 0.5) is 11.4 Å². The van der Waals surface area contributed by atoms with Crippen molar-refractivity contribution in [1.29, 1.82) is 0 Å². The minimum absolute atomic E-state index is 0.0145. The zero-order valence-electron chi connectivity index (χ0n) is 11.5. The number of nitro groups is 1. The molecule has 0 aliphatic heterocycles. The van der Waals surface area contributed by atoms with Gasteiger partial charge in [-0.25, -0.2) is 4.79 Å². The molecule has 1 aromatic rings. The third-order valence-electron chi connectivity index (χ3n) is 2.49. The molecule has 0 spiro atoms. The van der Waals surface area contributed by atoms with E-state index in [9.17, 15) is 14.9 Å². The minimum atomic E-state index is -0.604. The molecule has 8 heteroatoms. The van der Waals surface area contributed by atoms with Crippen molar-refractivity contribution < 1.29 is 23.9 Å². The molecule has 1 rings (SSSR count). The quantitative estimate of drug-likeness (QED) is 0.350. The van der Waals surface area contributed by atoms with E-state index in [1.54, 1.807) is 0 Å². The Morgan fingerprint density at radius 2 is 2.05 bits per heavy atom. The summed E-state index contributed by atoms with van der Waals surface area (Å²) in [6.07, 6.45) is 0. The van der Waals surface area contributed by atoms with Gasteiger partial charge in [0.2, 0.25) is 0 Å². The number of esters is 1. The van der Waals surface area contributed by atoms with Gasteiger partial charge in [-0.2, -0.15) is 0 Å². The van der Waals surface area contributed by atoms with Gasteiger partial charge in [-0.15, -0.1) is 0 Å². The van der Waals surface area contributed by atoms with Crippen molar-refractivity contribution in [2.45, 2.75) is 0 Å². The Balaban J connectivity index is 3.26. The molecule has 0 fully saturated rings. The van der Waals surface area contributed by atoms with Crippen molar-refractivity contribution in [2.24, 2.45) is 0 Å². The second-order valence-electron chi connectivity index (χ2n) is 3.71. The molecule has 20 heavy (non-hydrogen) atoms. The normalized spacial score (nSPS) is 9.95. The lowest BCUT2D eigenvalue weighted by molar-refractivity contribution is -0.385. The molecule has 1 N–H and O–H groups in total. The average molecular weight is 284 g/mol. The number of nitrogens with one attached hydrogen (secondary N) is 1. The molecule has 0 heterocycles. The average Bonchev–Trinajstić information content (AvgIpc) is 2.45. The third kappa shape index (κ3) is 3.58. The van der Waals surface area contributed by atoms with Crippen LogP contribution in [0.15, 0.2) is 12.1 Å². The predicted octanol–water partition coefficient (Wildman–Crippen LogP) is 1.45. The van der Waals surface area contributed by atoms with Crippen LogP contribution < -0.4 is 10.1 Å². The van der Waals surface area contributed by atoms with Gasteiger partial charge >= 0.3 is 11.7 Å². The zero-order chi connectivity index (χ0) is 15.1. The van der Waals surface area contributed by atoms with Gasteiger partial charge in [-0.05, 0) is 6.07 Å². The Morgan fingerprint density at radius 1 is 1.35 bits per heavy atom. The summed E-state index contributed by atoms with van der Waals surface area (Å²) in [4.78, 5) is 22.1. The Bertz CT molecular complexity index is 503. The third-order valence-corrected chi connectivity index (χ3v) is 2.49. The largest absolute Gasteiger partial charge is 0.484 e. The highest BCUT2D eigenvalue weighted by Crippen LogP contribution is 2.36. The standard InChI is InChI=1S/C12H16N2O6/c1-13-9-6-8(12(15)19-3)7-10(11(9)14(16)17)20-5-4-18-2/h6-7,13H,4-5H2,1-3H3. The van der Waals surface area contributed by atoms with Gasteiger partial charge in [-0.3, -0.25) is 10.1 Å². The lowest BCUT2D eigenvalue weighted by Gasteiger charge is -2.11. The lowest BCUT2D eigenvalue weighted by atomic mass is 10.1. The number of benzene rings is 1. The van der Waals surface area contributed by atoms with Crippen molar-refractivity contribution in [3.8, 4) is 5.75 Å². The molecule has 0 aliphatic carbocycles. The van der Waals surface area contributed by atoms with Crippen molar-refractivity contribution in [3.63, 3.8) is 0 Å². The first-order chi connectivity index (χ1) is 9.54.